The van der Waals surface area contributed by atoms with Gasteiger partial charge in [0.15, 0.2) is 5.78 Å². The number of H-pyrrole nitrogens is 1. The maximum absolute atomic E-state index is 13.1. The van der Waals surface area contributed by atoms with Crippen LogP contribution in [0.5, 0.6) is 0 Å². The molecule has 4 aromatic rings. The Labute approximate surface area is 189 Å². The number of aromatic nitrogens is 3. The minimum Gasteiger partial charge on any atom is -0.356 e. The van der Waals surface area contributed by atoms with E-state index in [9.17, 15) is 14.4 Å². The predicted molar refractivity (Wildman–Crippen MR) is 125 cm³/mol. The second-order valence-corrected chi connectivity index (χ2v) is 7.33. The quantitative estimate of drug-likeness (QED) is 0.310. The number of benzene rings is 2. The number of hydrogen-bond donors (Lipinski definition) is 4. The monoisotopic (exact) mass is 442 g/mol. The Kier molecular flexibility index (Phi) is 6.40. The summed E-state index contributed by atoms with van der Waals surface area (Å²) >= 11 is 0. The molecule has 2 aromatic carbocycles. The molecule has 0 fully saturated rings. The van der Waals surface area contributed by atoms with E-state index >= 15 is 0 Å². The number of carbonyl (C=O) groups is 3. The fourth-order valence-electron chi connectivity index (χ4n) is 3.37. The van der Waals surface area contributed by atoms with Gasteiger partial charge in [-0.05, 0) is 18.2 Å². The van der Waals surface area contributed by atoms with Crippen LogP contribution in [0.2, 0.25) is 0 Å². The summed E-state index contributed by atoms with van der Waals surface area (Å²) in [5, 5.41) is 9.19. The molecule has 9 nitrogen and oxygen atoms in total. The molecule has 0 aliphatic carbocycles. The highest BCUT2D eigenvalue weighted by Gasteiger charge is 2.18. The van der Waals surface area contributed by atoms with Crippen LogP contribution in [-0.2, 0) is 9.59 Å². The SMILES string of the molecule is CC(=O)NCCC(=O)Nc1cccc(Nc2ncnc3[nH]cc(C(=O)c4ccccc4)c23)c1. The first kappa shape index (κ1) is 21.7. The van der Waals surface area contributed by atoms with Gasteiger partial charge < -0.3 is 20.9 Å². The van der Waals surface area contributed by atoms with Gasteiger partial charge in [-0.25, -0.2) is 9.97 Å². The maximum atomic E-state index is 13.1. The summed E-state index contributed by atoms with van der Waals surface area (Å²) in [6.45, 7) is 1.67. The average molecular weight is 442 g/mol. The van der Waals surface area contributed by atoms with E-state index in [-0.39, 0.29) is 30.6 Å². The number of hydrogen-bond acceptors (Lipinski definition) is 6. The highest BCUT2D eigenvalue weighted by Crippen LogP contribution is 2.28. The van der Waals surface area contributed by atoms with Crippen LogP contribution in [0.4, 0.5) is 17.2 Å². The van der Waals surface area contributed by atoms with Crippen LogP contribution in [0, 0.1) is 0 Å². The van der Waals surface area contributed by atoms with Gasteiger partial charge in [-0.3, -0.25) is 14.4 Å². The zero-order chi connectivity index (χ0) is 23.2. The molecule has 0 spiro atoms. The molecule has 2 amide bonds. The van der Waals surface area contributed by atoms with Crippen LogP contribution >= 0.6 is 0 Å². The van der Waals surface area contributed by atoms with E-state index in [1.165, 1.54) is 13.3 Å². The van der Waals surface area contributed by atoms with Crippen molar-refractivity contribution < 1.29 is 14.4 Å². The number of fused-ring (bicyclic) bond motifs is 1. The van der Waals surface area contributed by atoms with Crippen LogP contribution in [-0.4, -0.2) is 39.1 Å². The molecular formula is C24H22N6O3. The molecule has 4 rings (SSSR count). The Morgan fingerprint density at radius 1 is 0.970 bits per heavy atom. The summed E-state index contributed by atoms with van der Waals surface area (Å²) < 4.78 is 0. The molecule has 0 atom stereocenters. The third-order valence-corrected chi connectivity index (χ3v) is 4.89. The van der Waals surface area contributed by atoms with Crippen molar-refractivity contribution in [2.24, 2.45) is 0 Å². The zero-order valence-corrected chi connectivity index (χ0v) is 17.9. The van der Waals surface area contributed by atoms with Gasteiger partial charge in [0.05, 0.1) is 10.9 Å². The van der Waals surface area contributed by atoms with Crippen molar-refractivity contribution >= 4 is 45.8 Å². The maximum Gasteiger partial charge on any atom is 0.226 e. The normalized spacial score (nSPS) is 10.6. The topological polar surface area (TPSA) is 129 Å². The number of rotatable bonds is 8. The molecule has 0 saturated heterocycles. The molecule has 4 N–H and O–H groups in total. The Balaban J connectivity index is 1.55. The summed E-state index contributed by atoms with van der Waals surface area (Å²) in [5.41, 5.74) is 2.83. The van der Waals surface area contributed by atoms with Gasteiger partial charge in [0.2, 0.25) is 11.8 Å². The summed E-state index contributed by atoms with van der Waals surface area (Å²) in [5.74, 6) is -0.0682. The molecule has 166 valence electrons. The van der Waals surface area contributed by atoms with Gasteiger partial charge in [-0.1, -0.05) is 36.4 Å². The Morgan fingerprint density at radius 3 is 2.55 bits per heavy atom. The lowest BCUT2D eigenvalue weighted by atomic mass is 10.0. The number of amides is 2. The van der Waals surface area contributed by atoms with Gasteiger partial charge >= 0.3 is 0 Å². The van der Waals surface area contributed by atoms with Crippen LogP contribution < -0.4 is 16.0 Å². The van der Waals surface area contributed by atoms with E-state index in [0.29, 0.717) is 39.4 Å². The molecule has 0 saturated carbocycles. The first-order chi connectivity index (χ1) is 16.0. The molecule has 9 heteroatoms. The van der Waals surface area contributed by atoms with E-state index in [1.54, 1.807) is 36.5 Å². The van der Waals surface area contributed by atoms with Crippen molar-refractivity contribution in [3.63, 3.8) is 0 Å². The Morgan fingerprint density at radius 2 is 1.76 bits per heavy atom. The van der Waals surface area contributed by atoms with Crippen molar-refractivity contribution in [3.05, 3.63) is 78.2 Å². The van der Waals surface area contributed by atoms with E-state index in [0.717, 1.165) is 0 Å². The summed E-state index contributed by atoms with van der Waals surface area (Å²) in [7, 11) is 0. The first-order valence-electron chi connectivity index (χ1n) is 10.3. The second-order valence-electron chi connectivity index (χ2n) is 7.33. The molecule has 2 aromatic heterocycles. The lowest BCUT2D eigenvalue weighted by Crippen LogP contribution is -2.25. The molecule has 0 unspecified atom stereocenters. The smallest absolute Gasteiger partial charge is 0.226 e. The van der Waals surface area contributed by atoms with Crippen molar-refractivity contribution in [2.45, 2.75) is 13.3 Å². The number of nitrogens with zero attached hydrogens (tertiary/aromatic N) is 2. The van der Waals surface area contributed by atoms with Gasteiger partial charge in [-0.2, -0.15) is 0 Å². The third-order valence-electron chi connectivity index (χ3n) is 4.89. The Bertz CT molecular complexity index is 1320. The van der Waals surface area contributed by atoms with Crippen LogP contribution in [0.3, 0.4) is 0 Å². The van der Waals surface area contributed by atoms with Gasteiger partial charge in [0.1, 0.15) is 17.8 Å². The fraction of sp³-hybridized carbons (Fsp3) is 0.125. The van der Waals surface area contributed by atoms with Crippen molar-refractivity contribution in [1.29, 1.82) is 0 Å². The minimum atomic E-state index is -0.216. The molecule has 2 heterocycles. The lowest BCUT2D eigenvalue weighted by molar-refractivity contribution is -0.119. The molecule has 0 bridgehead atoms. The van der Waals surface area contributed by atoms with Gasteiger partial charge in [0.25, 0.3) is 0 Å². The summed E-state index contributed by atoms with van der Waals surface area (Å²) in [6.07, 6.45) is 3.20. The molecule has 0 aliphatic heterocycles. The fourth-order valence-corrected chi connectivity index (χ4v) is 3.37. The van der Waals surface area contributed by atoms with Crippen molar-refractivity contribution in [1.82, 2.24) is 20.3 Å². The number of carbonyl (C=O) groups excluding carboxylic acids is 3. The summed E-state index contributed by atoms with van der Waals surface area (Å²) in [4.78, 5) is 47.7. The molecular weight excluding hydrogens is 420 g/mol. The van der Waals surface area contributed by atoms with E-state index in [2.05, 4.69) is 30.9 Å². The van der Waals surface area contributed by atoms with Crippen molar-refractivity contribution in [3.8, 4) is 0 Å². The molecule has 0 radical (unpaired) electrons. The third kappa shape index (κ3) is 5.21. The van der Waals surface area contributed by atoms with Gasteiger partial charge in [0, 0.05) is 43.0 Å². The predicted octanol–water partition coefficient (Wildman–Crippen LogP) is 3.40. The summed E-state index contributed by atoms with van der Waals surface area (Å²) in [6, 6.07) is 16.1. The van der Waals surface area contributed by atoms with Crippen LogP contribution in [0.1, 0.15) is 29.3 Å². The zero-order valence-electron chi connectivity index (χ0n) is 17.9. The van der Waals surface area contributed by atoms with Crippen molar-refractivity contribution in [2.75, 3.05) is 17.2 Å². The molecule has 0 aliphatic rings. The number of ketones is 1. The van der Waals surface area contributed by atoms with E-state index in [4.69, 9.17) is 0 Å². The lowest BCUT2D eigenvalue weighted by Gasteiger charge is -2.10. The average Bonchev–Trinajstić information content (AvgIpc) is 3.24. The van der Waals surface area contributed by atoms with E-state index < -0.39 is 0 Å². The largest absolute Gasteiger partial charge is 0.356 e. The highest BCUT2D eigenvalue weighted by atomic mass is 16.2. The number of anilines is 3. The van der Waals surface area contributed by atoms with Crippen LogP contribution in [0.15, 0.2) is 67.1 Å². The Hall–Kier alpha value is -4.53. The van der Waals surface area contributed by atoms with Crippen LogP contribution in [0.25, 0.3) is 11.0 Å². The second kappa shape index (κ2) is 9.73. The van der Waals surface area contributed by atoms with Gasteiger partial charge in [-0.15, -0.1) is 0 Å². The number of aromatic amines is 1. The molecule has 33 heavy (non-hydrogen) atoms. The standard InChI is InChI=1S/C24H22N6O3/c1-15(31)25-11-10-20(32)29-17-8-5-9-18(12-17)30-24-21-19(13-26-23(21)27-14-28-24)22(33)16-6-3-2-4-7-16/h2-9,12-14H,10-11H2,1H3,(H,25,31)(H,29,32)(H2,26,27,28,30). The number of nitrogens with one attached hydrogen (secondary N) is 4. The minimum absolute atomic E-state index is 0.139. The van der Waals surface area contributed by atoms with E-state index in [1.807, 2.05) is 24.3 Å². The first-order valence-corrected chi connectivity index (χ1v) is 10.3. The highest BCUT2D eigenvalue weighted by molar-refractivity contribution is 6.18.